The van der Waals surface area contributed by atoms with Crippen molar-refractivity contribution in [2.45, 2.75) is 0 Å². The van der Waals surface area contributed by atoms with E-state index in [1.54, 1.807) is 37.5 Å². The van der Waals surface area contributed by atoms with Crippen LogP contribution < -0.4 is 11.1 Å². The molecule has 0 atom stereocenters. The van der Waals surface area contributed by atoms with E-state index >= 15 is 0 Å². The number of nitrogens with zero attached hydrogens (tertiary/aromatic N) is 2. The number of nitrogens with two attached hydrogens (primary N) is 1. The van der Waals surface area contributed by atoms with E-state index < -0.39 is 17.6 Å². The summed E-state index contributed by atoms with van der Waals surface area (Å²) in [7, 11) is 1.68. The number of nitrogens with one attached hydrogen (secondary N) is 1. The lowest BCUT2D eigenvalue weighted by Crippen LogP contribution is -2.16. The van der Waals surface area contributed by atoms with Gasteiger partial charge in [0, 0.05) is 24.5 Å². The molecule has 0 aliphatic heterocycles. The Hall–Kier alpha value is -3.19. The highest BCUT2D eigenvalue weighted by Gasteiger charge is 2.19. The molecular formula is C18H14ClFN4O2. The van der Waals surface area contributed by atoms with Gasteiger partial charge in [-0.3, -0.25) is 14.3 Å². The van der Waals surface area contributed by atoms with E-state index in [4.69, 9.17) is 17.3 Å². The standard InChI is InChI=1S/C18H14ClFN4O2/c1-24-9-13(16(23-24)11-4-2-3-5-14(11)19)18(26)22-10-6-7-15(20)12(8-10)17(21)25/h2-9H,1H3,(H2,21,25)(H,22,26). The van der Waals surface area contributed by atoms with Crippen molar-refractivity contribution in [2.24, 2.45) is 12.8 Å². The summed E-state index contributed by atoms with van der Waals surface area (Å²) in [5.41, 5.74) is 6.36. The number of benzene rings is 2. The van der Waals surface area contributed by atoms with E-state index in [1.807, 2.05) is 0 Å². The first kappa shape index (κ1) is 17.6. The lowest BCUT2D eigenvalue weighted by atomic mass is 10.1. The van der Waals surface area contributed by atoms with E-state index in [-0.39, 0.29) is 16.8 Å². The predicted octanol–water partition coefficient (Wildman–Crippen LogP) is 3.23. The molecular weight excluding hydrogens is 359 g/mol. The van der Waals surface area contributed by atoms with Gasteiger partial charge in [0.25, 0.3) is 11.8 Å². The zero-order valence-electron chi connectivity index (χ0n) is 13.7. The number of amides is 2. The second-order valence-corrected chi connectivity index (χ2v) is 5.97. The molecule has 1 aromatic heterocycles. The van der Waals surface area contributed by atoms with E-state index in [9.17, 15) is 14.0 Å². The maximum Gasteiger partial charge on any atom is 0.259 e. The minimum Gasteiger partial charge on any atom is -0.366 e. The van der Waals surface area contributed by atoms with Crippen molar-refractivity contribution in [1.29, 1.82) is 0 Å². The number of aryl methyl sites for hydroxylation is 1. The average Bonchev–Trinajstić information content (AvgIpc) is 2.98. The van der Waals surface area contributed by atoms with Gasteiger partial charge < -0.3 is 11.1 Å². The number of hydrogen-bond acceptors (Lipinski definition) is 3. The van der Waals surface area contributed by atoms with Crippen molar-refractivity contribution >= 4 is 29.1 Å². The Kier molecular flexibility index (Phi) is 4.73. The van der Waals surface area contributed by atoms with Crippen LogP contribution >= 0.6 is 11.6 Å². The first-order chi connectivity index (χ1) is 12.4. The highest BCUT2D eigenvalue weighted by Crippen LogP contribution is 2.29. The van der Waals surface area contributed by atoms with Crippen LogP contribution in [0.25, 0.3) is 11.3 Å². The average molecular weight is 373 g/mol. The number of rotatable bonds is 4. The van der Waals surface area contributed by atoms with Crippen molar-refractivity contribution < 1.29 is 14.0 Å². The molecule has 8 heteroatoms. The summed E-state index contributed by atoms with van der Waals surface area (Å²) in [4.78, 5) is 23.9. The molecule has 3 N–H and O–H groups in total. The Morgan fingerprint density at radius 2 is 1.92 bits per heavy atom. The summed E-state index contributed by atoms with van der Waals surface area (Å²) >= 11 is 6.20. The van der Waals surface area contributed by atoms with Gasteiger partial charge in [0.05, 0.1) is 16.1 Å². The number of halogens is 2. The van der Waals surface area contributed by atoms with Gasteiger partial charge in [-0.2, -0.15) is 5.10 Å². The van der Waals surface area contributed by atoms with Crippen molar-refractivity contribution in [3.8, 4) is 11.3 Å². The second-order valence-electron chi connectivity index (χ2n) is 5.56. The van der Waals surface area contributed by atoms with Gasteiger partial charge in [-0.1, -0.05) is 29.8 Å². The molecule has 0 saturated carbocycles. The van der Waals surface area contributed by atoms with Crippen LogP contribution in [0, 0.1) is 5.82 Å². The monoisotopic (exact) mass is 372 g/mol. The van der Waals surface area contributed by atoms with E-state index in [1.165, 1.54) is 16.8 Å². The molecule has 0 unspecified atom stereocenters. The van der Waals surface area contributed by atoms with Crippen LogP contribution in [-0.4, -0.2) is 21.6 Å². The lowest BCUT2D eigenvalue weighted by Gasteiger charge is -2.08. The first-order valence-electron chi connectivity index (χ1n) is 7.56. The fourth-order valence-electron chi connectivity index (χ4n) is 2.50. The molecule has 2 amide bonds. The van der Waals surface area contributed by atoms with Gasteiger partial charge in [-0.15, -0.1) is 0 Å². The van der Waals surface area contributed by atoms with Gasteiger partial charge in [0.2, 0.25) is 0 Å². The molecule has 3 rings (SSSR count). The molecule has 0 aliphatic carbocycles. The molecule has 0 bridgehead atoms. The summed E-state index contributed by atoms with van der Waals surface area (Å²) in [6.45, 7) is 0. The summed E-state index contributed by atoms with van der Waals surface area (Å²) < 4.78 is 15.1. The Morgan fingerprint density at radius 1 is 1.19 bits per heavy atom. The highest BCUT2D eigenvalue weighted by molar-refractivity contribution is 6.33. The van der Waals surface area contributed by atoms with Crippen molar-refractivity contribution in [3.63, 3.8) is 0 Å². The van der Waals surface area contributed by atoms with Gasteiger partial charge in [0.15, 0.2) is 0 Å². The minimum atomic E-state index is -0.920. The smallest absolute Gasteiger partial charge is 0.259 e. The normalized spacial score (nSPS) is 10.6. The molecule has 0 spiro atoms. The Labute approximate surface area is 153 Å². The van der Waals surface area contributed by atoms with Gasteiger partial charge in [-0.25, -0.2) is 4.39 Å². The Balaban J connectivity index is 1.96. The first-order valence-corrected chi connectivity index (χ1v) is 7.94. The van der Waals surface area contributed by atoms with Crippen molar-refractivity contribution in [3.05, 3.63) is 70.6 Å². The number of aromatic nitrogens is 2. The maximum atomic E-state index is 13.6. The largest absolute Gasteiger partial charge is 0.366 e. The zero-order valence-corrected chi connectivity index (χ0v) is 14.4. The van der Waals surface area contributed by atoms with Crippen LogP contribution in [-0.2, 0) is 7.05 Å². The van der Waals surface area contributed by atoms with Gasteiger partial charge in [0.1, 0.15) is 11.5 Å². The third-order valence-corrected chi connectivity index (χ3v) is 4.02. The Morgan fingerprint density at radius 3 is 2.62 bits per heavy atom. The van der Waals surface area contributed by atoms with Gasteiger partial charge >= 0.3 is 0 Å². The molecule has 3 aromatic rings. The molecule has 132 valence electrons. The van der Waals surface area contributed by atoms with Crippen LogP contribution in [0.1, 0.15) is 20.7 Å². The fourth-order valence-corrected chi connectivity index (χ4v) is 2.72. The summed E-state index contributed by atoms with van der Waals surface area (Å²) in [6, 6.07) is 10.6. The second kappa shape index (κ2) is 6.97. The quantitative estimate of drug-likeness (QED) is 0.736. The van der Waals surface area contributed by atoms with E-state index in [0.29, 0.717) is 16.3 Å². The van der Waals surface area contributed by atoms with Crippen molar-refractivity contribution in [1.82, 2.24) is 9.78 Å². The zero-order chi connectivity index (χ0) is 18.8. The van der Waals surface area contributed by atoms with Crippen LogP contribution in [0.5, 0.6) is 0 Å². The SMILES string of the molecule is Cn1cc(C(=O)Nc2ccc(F)c(C(N)=O)c2)c(-c2ccccc2Cl)n1. The molecule has 0 fully saturated rings. The number of anilines is 1. The van der Waals surface area contributed by atoms with Crippen LogP contribution in [0.15, 0.2) is 48.7 Å². The lowest BCUT2D eigenvalue weighted by molar-refractivity contribution is 0.0992. The Bertz CT molecular complexity index is 1020. The summed E-state index contributed by atoms with van der Waals surface area (Å²) in [5, 5.41) is 7.37. The molecule has 0 saturated heterocycles. The van der Waals surface area contributed by atoms with Crippen LogP contribution in [0.2, 0.25) is 5.02 Å². The van der Waals surface area contributed by atoms with Gasteiger partial charge in [-0.05, 0) is 24.3 Å². The number of carbonyl (C=O) groups is 2. The van der Waals surface area contributed by atoms with E-state index in [2.05, 4.69) is 10.4 Å². The third kappa shape index (κ3) is 3.43. The molecule has 2 aromatic carbocycles. The molecule has 0 radical (unpaired) electrons. The highest BCUT2D eigenvalue weighted by atomic mass is 35.5. The fraction of sp³-hybridized carbons (Fsp3) is 0.0556. The number of primary amides is 1. The third-order valence-electron chi connectivity index (χ3n) is 3.69. The number of carbonyl (C=O) groups excluding carboxylic acids is 2. The molecule has 1 heterocycles. The molecule has 26 heavy (non-hydrogen) atoms. The van der Waals surface area contributed by atoms with Crippen molar-refractivity contribution in [2.75, 3.05) is 5.32 Å². The number of hydrogen-bond donors (Lipinski definition) is 2. The maximum absolute atomic E-state index is 13.6. The topological polar surface area (TPSA) is 90.0 Å². The van der Waals surface area contributed by atoms with Crippen LogP contribution in [0.3, 0.4) is 0 Å². The summed E-state index contributed by atoms with van der Waals surface area (Å²) in [5.74, 6) is -2.15. The van der Waals surface area contributed by atoms with E-state index in [0.717, 1.165) is 6.07 Å². The van der Waals surface area contributed by atoms with Crippen LogP contribution in [0.4, 0.5) is 10.1 Å². The minimum absolute atomic E-state index is 0.235. The molecule has 6 nitrogen and oxygen atoms in total. The predicted molar refractivity (Wildman–Crippen MR) is 96.5 cm³/mol. The summed E-state index contributed by atoms with van der Waals surface area (Å²) in [6.07, 6.45) is 1.55. The molecule has 0 aliphatic rings.